The molecule has 0 saturated carbocycles. The lowest BCUT2D eigenvalue weighted by Crippen LogP contribution is -2.27. The third kappa shape index (κ3) is 4.94. The molecular formula is C10H17O2. The first-order valence-corrected chi connectivity index (χ1v) is 4.03. The molecule has 0 aliphatic carbocycles. The van der Waals surface area contributed by atoms with Crippen LogP contribution in [0, 0.1) is 12.8 Å². The fourth-order valence-electron chi connectivity index (χ4n) is 0.683. The van der Waals surface area contributed by atoms with Gasteiger partial charge in [0.2, 0.25) is 0 Å². The van der Waals surface area contributed by atoms with Crippen molar-refractivity contribution in [3.63, 3.8) is 0 Å². The molecule has 0 heterocycles. The molecule has 69 valence electrons. The van der Waals surface area contributed by atoms with Gasteiger partial charge in [0.1, 0.15) is 5.60 Å². The first-order valence-electron chi connectivity index (χ1n) is 4.03. The van der Waals surface area contributed by atoms with Crippen molar-refractivity contribution < 1.29 is 9.53 Å². The minimum Gasteiger partial charge on any atom is -0.460 e. The number of rotatable bonds is 3. The highest BCUT2D eigenvalue weighted by molar-refractivity contribution is 5.73. The Morgan fingerprint density at radius 3 is 2.42 bits per heavy atom. The molecule has 2 heteroatoms. The van der Waals surface area contributed by atoms with E-state index in [2.05, 4.69) is 13.5 Å². The van der Waals surface area contributed by atoms with Crippen molar-refractivity contribution in [2.75, 3.05) is 0 Å². The molecule has 0 aromatic heterocycles. The highest BCUT2D eigenvalue weighted by Crippen LogP contribution is 2.12. The molecule has 0 saturated heterocycles. The minimum absolute atomic E-state index is 0.262. The van der Waals surface area contributed by atoms with Crippen LogP contribution in [0.15, 0.2) is 12.7 Å². The fourth-order valence-corrected chi connectivity index (χ4v) is 0.683. The molecule has 1 unspecified atom stereocenters. The zero-order valence-corrected chi connectivity index (χ0v) is 8.09. The molecule has 0 aromatic rings. The van der Waals surface area contributed by atoms with Crippen molar-refractivity contribution in [2.45, 2.75) is 32.8 Å². The molecular weight excluding hydrogens is 152 g/mol. The number of carbonyl (C=O) groups excluding carboxylic acids is 1. The number of ether oxygens (including phenoxy) is 1. The summed E-state index contributed by atoms with van der Waals surface area (Å²) in [6.07, 6.45) is 2.23. The standard InChI is InChI=1S/C10H17O2/c1-6-7-8(2)9(11)12-10(3,4)5/h6,8H,1-2,7H2,3-5H3. The fraction of sp³-hybridized carbons (Fsp3) is 0.600. The number of carbonyl (C=O) groups is 1. The largest absolute Gasteiger partial charge is 0.460 e. The maximum Gasteiger partial charge on any atom is 0.309 e. The number of hydrogen-bond acceptors (Lipinski definition) is 2. The Bertz CT molecular complexity index is 165. The van der Waals surface area contributed by atoms with E-state index in [1.807, 2.05) is 20.8 Å². The van der Waals surface area contributed by atoms with E-state index in [9.17, 15) is 4.79 Å². The zero-order chi connectivity index (χ0) is 9.78. The molecule has 1 atom stereocenters. The average molecular weight is 169 g/mol. The van der Waals surface area contributed by atoms with Gasteiger partial charge in [-0.3, -0.25) is 4.79 Å². The quantitative estimate of drug-likeness (QED) is 0.479. The highest BCUT2D eigenvalue weighted by Gasteiger charge is 2.20. The van der Waals surface area contributed by atoms with Crippen LogP contribution >= 0.6 is 0 Å². The van der Waals surface area contributed by atoms with Crippen LogP contribution < -0.4 is 0 Å². The minimum atomic E-state index is -0.422. The topological polar surface area (TPSA) is 26.3 Å². The molecule has 0 bridgehead atoms. The molecule has 0 aliphatic heterocycles. The van der Waals surface area contributed by atoms with E-state index in [1.165, 1.54) is 0 Å². The summed E-state index contributed by atoms with van der Waals surface area (Å²) in [5.41, 5.74) is -0.422. The third-order valence-corrected chi connectivity index (χ3v) is 1.19. The van der Waals surface area contributed by atoms with Gasteiger partial charge in [0, 0.05) is 0 Å². The van der Waals surface area contributed by atoms with Crippen molar-refractivity contribution in [1.82, 2.24) is 0 Å². The zero-order valence-electron chi connectivity index (χ0n) is 8.09. The predicted molar refractivity (Wildman–Crippen MR) is 49.5 cm³/mol. The van der Waals surface area contributed by atoms with Gasteiger partial charge in [-0.25, -0.2) is 0 Å². The van der Waals surface area contributed by atoms with Gasteiger partial charge in [0.15, 0.2) is 0 Å². The van der Waals surface area contributed by atoms with E-state index in [4.69, 9.17) is 4.74 Å². The summed E-state index contributed by atoms with van der Waals surface area (Å²) >= 11 is 0. The van der Waals surface area contributed by atoms with Gasteiger partial charge in [-0.15, -0.1) is 6.58 Å². The van der Waals surface area contributed by atoms with Crippen molar-refractivity contribution in [1.29, 1.82) is 0 Å². The monoisotopic (exact) mass is 169 g/mol. The summed E-state index contributed by atoms with van der Waals surface area (Å²) in [5, 5.41) is 0. The molecule has 0 aliphatic rings. The van der Waals surface area contributed by atoms with Gasteiger partial charge in [-0.2, -0.15) is 0 Å². The van der Waals surface area contributed by atoms with Crippen LogP contribution in [0.4, 0.5) is 0 Å². The van der Waals surface area contributed by atoms with Crippen molar-refractivity contribution in [2.24, 2.45) is 5.92 Å². The smallest absolute Gasteiger partial charge is 0.309 e. The summed E-state index contributed by atoms with van der Waals surface area (Å²) in [6.45, 7) is 12.7. The van der Waals surface area contributed by atoms with Gasteiger partial charge in [-0.1, -0.05) is 6.08 Å². The van der Waals surface area contributed by atoms with Gasteiger partial charge in [-0.05, 0) is 34.1 Å². The van der Waals surface area contributed by atoms with Crippen LogP contribution in [-0.4, -0.2) is 11.6 Å². The van der Waals surface area contributed by atoms with Crippen LogP contribution in [-0.2, 0) is 9.53 Å². The molecule has 0 amide bonds. The lowest BCUT2D eigenvalue weighted by molar-refractivity contribution is -0.158. The van der Waals surface area contributed by atoms with Crippen molar-refractivity contribution in [3.8, 4) is 0 Å². The lowest BCUT2D eigenvalue weighted by atomic mass is 10.1. The van der Waals surface area contributed by atoms with E-state index in [0.29, 0.717) is 6.42 Å². The first-order chi connectivity index (χ1) is 5.37. The summed E-state index contributed by atoms with van der Waals surface area (Å²) < 4.78 is 5.10. The van der Waals surface area contributed by atoms with Gasteiger partial charge >= 0.3 is 5.97 Å². The van der Waals surface area contributed by atoms with Gasteiger partial charge in [0.05, 0.1) is 5.92 Å². The van der Waals surface area contributed by atoms with Crippen molar-refractivity contribution in [3.05, 3.63) is 19.6 Å². The molecule has 2 nitrogen and oxygen atoms in total. The summed E-state index contributed by atoms with van der Waals surface area (Å²) in [4.78, 5) is 11.2. The second-order valence-electron chi connectivity index (χ2n) is 3.75. The average Bonchev–Trinajstić information content (AvgIpc) is 1.84. The normalized spacial score (nSPS) is 13.7. The maximum atomic E-state index is 11.2. The SMILES string of the molecule is [CH2]C(CC=C)C(=O)OC(C)(C)C. The first kappa shape index (κ1) is 11.2. The van der Waals surface area contributed by atoms with Gasteiger partial charge in [0.25, 0.3) is 0 Å². The van der Waals surface area contributed by atoms with E-state index in [-0.39, 0.29) is 11.9 Å². The van der Waals surface area contributed by atoms with E-state index < -0.39 is 5.60 Å². The molecule has 0 rings (SSSR count). The van der Waals surface area contributed by atoms with E-state index in [1.54, 1.807) is 6.08 Å². The van der Waals surface area contributed by atoms with E-state index >= 15 is 0 Å². The Labute approximate surface area is 74.6 Å². The Hall–Kier alpha value is -0.790. The molecule has 12 heavy (non-hydrogen) atoms. The lowest BCUT2D eigenvalue weighted by Gasteiger charge is -2.21. The molecule has 1 radical (unpaired) electrons. The Balaban J connectivity index is 3.95. The van der Waals surface area contributed by atoms with Crippen LogP contribution in [0.3, 0.4) is 0 Å². The second kappa shape index (κ2) is 4.29. The molecule has 0 aromatic carbocycles. The Kier molecular flexibility index (Phi) is 4.01. The summed E-state index contributed by atoms with van der Waals surface area (Å²) in [5.74, 6) is -0.593. The van der Waals surface area contributed by atoms with Crippen molar-refractivity contribution >= 4 is 5.97 Å². The summed E-state index contributed by atoms with van der Waals surface area (Å²) in [7, 11) is 0. The Morgan fingerprint density at radius 2 is 2.08 bits per heavy atom. The number of esters is 1. The number of allylic oxidation sites excluding steroid dienone is 1. The van der Waals surface area contributed by atoms with E-state index in [0.717, 1.165) is 0 Å². The molecule has 0 spiro atoms. The third-order valence-electron chi connectivity index (χ3n) is 1.19. The van der Waals surface area contributed by atoms with Crippen LogP contribution in [0.2, 0.25) is 0 Å². The van der Waals surface area contributed by atoms with Crippen LogP contribution in [0.5, 0.6) is 0 Å². The van der Waals surface area contributed by atoms with Crippen LogP contribution in [0.1, 0.15) is 27.2 Å². The van der Waals surface area contributed by atoms with Crippen LogP contribution in [0.25, 0.3) is 0 Å². The Morgan fingerprint density at radius 1 is 1.58 bits per heavy atom. The highest BCUT2D eigenvalue weighted by atomic mass is 16.6. The maximum absolute atomic E-state index is 11.2. The number of hydrogen-bond donors (Lipinski definition) is 0. The second-order valence-corrected chi connectivity index (χ2v) is 3.75. The predicted octanol–water partition coefficient (Wildman–Crippen LogP) is 2.35. The molecule has 0 N–H and O–H groups in total. The summed E-state index contributed by atoms with van der Waals surface area (Å²) in [6, 6.07) is 0. The molecule has 0 fully saturated rings. The van der Waals surface area contributed by atoms with Gasteiger partial charge < -0.3 is 4.74 Å².